The van der Waals surface area contributed by atoms with Crippen molar-refractivity contribution in [3.05, 3.63) is 23.7 Å². The molecule has 1 heterocycles. The fraction of sp³-hybridized carbons (Fsp3) is 0.643. The van der Waals surface area contributed by atoms with Gasteiger partial charge in [-0.1, -0.05) is 18.2 Å². The van der Waals surface area contributed by atoms with E-state index >= 15 is 0 Å². The Kier molecular flexibility index (Phi) is 6.05. The first kappa shape index (κ1) is 16.3. The smallest absolute Gasteiger partial charge is 0.287 e. The molecule has 7 heteroatoms. The number of furan rings is 1. The minimum Gasteiger partial charge on any atom is -0.455 e. The Hall–Kier alpha value is -1.08. The molecular weight excluding hydrogens is 300 g/mol. The van der Waals surface area contributed by atoms with E-state index in [1.165, 1.54) is 12.1 Å². The number of thioether (sulfide) groups is 1. The molecule has 1 aromatic rings. The van der Waals surface area contributed by atoms with E-state index in [1.54, 1.807) is 0 Å². The van der Waals surface area contributed by atoms with Gasteiger partial charge in [-0.2, -0.15) is 8.78 Å². The summed E-state index contributed by atoms with van der Waals surface area (Å²) in [6.45, 7) is 0.655. The van der Waals surface area contributed by atoms with Crippen LogP contribution in [0.5, 0.6) is 0 Å². The average molecular weight is 319 g/mol. The molecule has 118 valence electrons. The first-order valence-electron chi connectivity index (χ1n) is 6.97. The van der Waals surface area contributed by atoms with Crippen molar-refractivity contribution >= 4 is 17.7 Å². The Morgan fingerprint density at radius 3 is 2.90 bits per heavy atom. The Morgan fingerprint density at radius 1 is 1.43 bits per heavy atom. The molecule has 1 saturated carbocycles. The van der Waals surface area contributed by atoms with Crippen molar-refractivity contribution in [2.24, 2.45) is 11.8 Å². The van der Waals surface area contributed by atoms with Gasteiger partial charge < -0.3 is 14.8 Å². The molecule has 0 aliphatic heterocycles. The number of carbonyl (C=O) groups is 1. The maximum atomic E-state index is 12.1. The summed E-state index contributed by atoms with van der Waals surface area (Å²) in [6.07, 6.45) is 3.06. The normalized spacial score (nSPS) is 21.9. The van der Waals surface area contributed by atoms with Crippen LogP contribution in [0.4, 0.5) is 8.78 Å². The molecule has 0 spiro atoms. The van der Waals surface area contributed by atoms with Gasteiger partial charge in [-0.05, 0) is 36.8 Å². The highest BCUT2D eigenvalue weighted by Gasteiger charge is 2.27. The van der Waals surface area contributed by atoms with E-state index in [0.717, 1.165) is 19.3 Å². The van der Waals surface area contributed by atoms with Crippen LogP contribution < -0.4 is 5.32 Å². The number of aliphatic hydroxyl groups excluding tert-OH is 1. The molecule has 2 atom stereocenters. The van der Waals surface area contributed by atoms with E-state index in [0.29, 0.717) is 30.0 Å². The molecule has 1 aliphatic carbocycles. The molecule has 21 heavy (non-hydrogen) atoms. The van der Waals surface area contributed by atoms with E-state index < -0.39 is 5.76 Å². The summed E-state index contributed by atoms with van der Waals surface area (Å²) in [5.41, 5.74) is 0. The summed E-state index contributed by atoms with van der Waals surface area (Å²) in [7, 11) is 0. The minimum atomic E-state index is -2.45. The van der Waals surface area contributed by atoms with Crippen LogP contribution in [0.3, 0.4) is 0 Å². The topological polar surface area (TPSA) is 62.5 Å². The van der Waals surface area contributed by atoms with Gasteiger partial charge in [0.05, 0.1) is 5.75 Å². The molecule has 1 aliphatic rings. The summed E-state index contributed by atoms with van der Waals surface area (Å²) in [6, 6.07) is 3.03. The third-order valence-electron chi connectivity index (χ3n) is 3.81. The number of hydrogen-bond acceptors (Lipinski definition) is 4. The van der Waals surface area contributed by atoms with Crippen molar-refractivity contribution in [2.75, 3.05) is 13.2 Å². The molecule has 0 radical (unpaired) electrons. The van der Waals surface area contributed by atoms with Crippen LogP contribution in [0.25, 0.3) is 0 Å². The molecule has 1 amide bonds. The minimum absolute atomic E-state index is 0.0418. The Labute approximate surface area is 126 Å². The Bertz CT molecular complexity index is 467. The van der Waals surface area contributed by atoms with Crippen molar-refractivity contribution in [1.82, 2.24) is 5.32 Å². The number of carbonyl (C=O) groups excluding carboxylic acids is 1. The van der Waals surface area contributed by atoms with Gasteiger partial charge in [-0.3, -0.25) is 4.79 Å². The van der Waals surface area contributed by atoms with Crippen LogP contribution in [0.1, 0.15) is 35.6 Å². The van der Waals surface area contributed by atoms with Crippen molar-refractivity contribution in [1.29, 1.82) is 0 Å². The lowest BCUT2D eigenvalue weighted by Crippen LogP contribution is -2.31. The highest BCUT2D eigenvalue weighted by Crippen LogP contribution is 2.30. The van der Waals surface area contributed by atoms with E-state index in [4.69, 9.17) is 4.42 Å². The third-order valence-corrected chi connectivity index (χ3v) is 4.52. The number of hydrogen-bond donors (Lipinski definition) is 2. The monoisotopic (exact) mass is 319 g/mol. The lowest BCUT2D eigenvalue weighted by Gasteiger charge is -2.17. The number of halogens is 2. The fourth-order valence-corrected chi connectivity index (χ4v) is 3.10. The summed E-state index contributed by atoms with van der Waals surface area (Å²) < 4.78 is 29.4. The van der Waals surface area contributed by atoms with Crippen molar-refractivity contribution < 1.29 is 23.1 Å². The van der Waals surface area contributed by atoms with Gasteiger partial charge in [0.25, 0.3) is 11.7 Å². The zero-order valence-electron chi connectivity index (χ0n) is 11.6. The van der Waals surface area contributed by atoms with E-state index in [9.17, 15) is 18.7 Å². The second kappa shape index (κ2) is 7.79. The van der Waals surface area contributed by atoms with E-state index in [1.807, 2.05) is 0 Å². The maximum absolute atomic E-state index is 12.1. The first-order chi connectivity index (χ1) is 10.1. The van der Waals surface area contributed by atoms with Crippen molar-refractivity contribution in [3.63, 3.8) is 0 Å². The largest absolute Gasteiger partial charge is 0.455 e. The lowest BCUT2D eigenvalue weighted by molar-refractivity contribution is 0.0908. The second-order valence-corrected chi connectivity index (χ2v) is 6.16. The van der Waals surface area contributed by atoms with Gasteiger partial charge in [0.15, 0.2) is 5.76 Å². The highest BCUT2D eigenvalue weighted by atomic mass is 32.2. The van der Waals surface area contributed by atoms with Crippen LogP contribution in [0.15, 0.2) is 16.5 Å². The van der Waals surface area contributed by atoms with Crippen molar-refractivity contribution in [2.45, 2.75) is 30.8 Å². The third kappa shape index (κ3) is 4.71. The van der Waals surface area contributed by atoms with Crippen LogP contribution >= 0.6 is 11.8 Å². The van der Waals surface area contributed by atoms with Gasteiger partial charge >= 0.3 is 0 Å². The molecule has 2 unspecified atom stereocenters. The molecule has 0 aromatic carbocycles. The number of rotatable bonds is 7. The average Bonchev–Trinajstić information content (AvgIpc) is 3.11. The van der Waals surface area contributed by atoms with Gasteiger partial charge in [-0.25, -0.2) is 0 Å². The molecular formula is C14H19F2NO3S. The van der Waals surface area contributed by atoms with Gasteiger partial charge in [0.2, 0.25) is 0 Å². The summed E-state index contributed by atoms with van der Waals surface area (Å²) in [4.78, 5) is 11.9. The Balaban J connectivity index is 1.80. The molecule has 2 N–H and O–H groups in total. The standard InChI is InChI=1S/C14H19F2NO3S/c15-14(16)21-8-11-4-5-12(20-11)13(19)17-6-9-2-1-3-10(9)7-18/h4-5,9-10,14,18H,1-3,6-8H2,(H,17,19). The van der Waals surface area contributed by atoms with Crippen LogP contribution in [-0.2, 0) is 5.75 Å². The van der Waals surface area contributed by atoms with Crippen LogP contribution in [0, 0.1) is 11.8 Å². The molecule has 1 aromatic heterocycles. The summed E-state index contributed by atoms with van der Waals surface area (Å²) in [5.74, 6) is -1.71. The Morgan fingerprint density at radius 2 is 2.19 bits per heavy atom. The zero-order chi connectivity index (χ0) is 15.2. The predicted octanol–water partition coefficient (Wildman–Crippen LogP) is 2.87. The first-order valence-corrected chi connectivity index (χ1v) is 8.02. The highest BCUT2D eigenvalue weighted by molar-refractivity contribution is 7.98. The van der Waals surface area contributed by atoms with E-state index in [2.05, 4.69) is 5.32 Å². The lowest BCUT2D eigenvalue weighted by atomic mass is 9.97. The molecule has 1 fully saturated rings. The van der Waals surface area contributed by atoms with Crippen LogP contribution in [0.2, 0.25) is 0 Å². The molecule has 0 saturated heterocycles. The predicted molar refractivity (Wildman–Crippen MR) is 76.3 cm³/mol. The second-order valence-electron chi connectivity index (χ2n) is 5.18. The zero-order valence-corrected chi connectivity index (χ0v) is 12.4. The fourth-order valence-electron chi connectivity index (χ4n) is 2.66. The number of nitrogens with one attached hydrogen (secondary N) is 1. The van der Waals surface area contributed by atoms with E-state index in [-0.39, 0.29) is 29.9 Å². The SMILES string of the molecule is O=C(NCC1CCCC1CO)c1ccc(CSC(F)F)o1. The van der Waals surface area contributed by atoms with Crippen LogP contribution in [-0.4, -0.2) is 29.9 Å². The number of aliphatic hydroxyl groups is 1. The quantitative estimate of drug-likeness (QED) is 0.811. The van der Waals surface area contributed by atoms with Gasteiger partial charge in [-0.15, -0.1) is 0 Å². The number of amides is 1. The molecule has 2 rings (SSSR count). The number of alkyl halides is 2. The summed E-state index contributed by atoms with van der Waals surface area (Å²) >= 11 is 0.460. The summed E-state index contributed by atoms with van der Waals surface area (Å²) in [5, 5.41) is 12.0. The molecule has 0 bridgehead atoms. The maximum Gasteiger partial charge on any atom is 0.287 e. The van der Waals surface area contributed by atoms with Gasteiger partial charge in [0.1, 0.15) is 5.76 Å². The van der Waals surface area contributed by atoms with Gasteiger partial charge in [0, 0.05) is 13.2 Å². The van der Waals surface area contributed by atoms with Crippen molar-refractivity contribution in [3.8, 4) is 0 Å². The molecule has 4 nitrogen and oxygen atoms in total.